The maximum absolute atomic E-state index is 13.2. The van der Waals surface area contributed by atoms with Gasteiger partial charge in [-0.25, -0.2) is 14.4 Å². The number of rotatable bonds is 8. The molecule has 1 fully saturated rings. The van der Waals surface area contributed by atoms with E-state index >= 15 is 0 Å². The molecule has 0 bridgehead atoms. The minimum atomic E-state index is -0.700. The highest BCUT2D eigenvalue weighted by molar-refractivity contribution is 6.30. The summed E-state index contributed by atoms with van der Waals surface area (Å²) < 4.78 is 5.42. The highest BCUT2D eigenvalue weighted by Gasteiger charge is 2.39. The van der Waals surface area contributed by atoms with E-state index in [1.807, 2.05) is 19.9 Å². The highest BCUT2D eigenvalue weighted by Crippen LogP contribution is 2.33. The number of carbonyl (C=O) groups excluding carboxylic acids is 3. The molecular formula is C25H34ClN5O4. The first-order chi connectivity index (χ1) is 16.7. The minimum absolute atomic E-state index is 0.0643. The maximum atomic E-state index is 13.2. The summed E-state index contributed by atoms with van der Waals surface area (Å²) in [6.45, 7) is 12.5. The van der Waals surface area contributed by atoms with Crippen LogP contribution < -0.4 is 10.6 Å². The zero-order chi connectivity index (χ0) is 25.5. The molecule has 2 aliphatic rings. The Morgan fingerprint density at radius 3 is 2.60 bits per heavy atom. The summed E-state index contributed by atoms with van der Waals surface area (Å²) in [5.74, 6) is -0.489. The van der Waals surface area contributed by atoms with Crippen molar-refractivity contribution in [3.63, 3.8) is 0 Å². The molecule has 2 aliphatic heterocycles. The van der Waals surface area contributed by atoms with E-state index in [4.69, 9.17) is 16.3 Å². The molecule has 9 nitrogen and oxygen atoms in total. The van der Waals surface area contributed by atoms with Gasteiger partial charge in [0.25, 0.3) is 0 Å². The van der Waals surface area contributed by atoms with Crippen LogP contribution >= 0.6 is 11.6 Å². The third-order valence-electron chi connectivity index (χ3n) is 5.87. The Hall–Kier alpha value is -3.04. The Morgan fingerprint density at radius 2 is 2.00 bits per heavy atom. The van der Waals surface area contributed by atoms with Gasteiger partial charge in [0.2, 0.25) is 0 Å². The second kappa shape index (κ2) is 12.1. The van der Waals surface area contributed by atoms with Crippen molar-refractivity contribution in [2.24, 2.45) is 0 Å². The number of hydrogen-bond donors (Lipinski definition) is 2. The second-order valence-electron chi connectivity index (χ2n) is 8.79. The fourth-order valence-corrected chi connectivity index (χ4v) is 4.44. The van der Waals surface area contributed by atoms with Gasteiger partial charge >= 0.3 is 18.0 Å². The first-order valence-corrected chi connectivity index (χ1v) is 12.2. The molecule has 3 rings (SSSR count). The lowest BCUT2D eigenvalue weighted by Gasteiger charge is -2.40. The number of ether oxygens (including phenoxy) is 1. The van der Waals surface area contributed by atoms with E-state index in [1.165, 1.54) is 4.90 Å². The van der Waals surface area contributed by atoms with E-state index in [-0.39, 0.29) is 31.3 Å². The number of esters is 1. The predicted octanol–water partition coefficient (Wildman–Crippen LogP) is 3.15. The summed E-state index contributed by atoms with van der Waals surface area (Å²) in [5, 5.41) is 6.36. The van der Waals surface area contributed by atoms with Gasteiger partial charge in [-0.1, -0.05) is 29.8 Å². The third-order valence-corrected chi connectivity index (χ3v) is 6.11. The van der Waals surface area contributed by atoms with Crippen molar-refractivity contribution < 1.29 is 19.1 Å². The highest BCUT2D eigenvalue weighted by atomic mass is 35.5. The SMILES string of the molecule is C=CCN1C(=O)NC(c2cccc(Cl)c2)C(C(=O)OCC)=C1CN1CCN(C(=O)NC(C)C)CC1. The van der Waals surface area contributed by atoms with E-state index in [9.17, 15) is 14.4 Å². The molecule has 1 aromatic carbocycles. The summed E-state index contributed by atoms with van der Waals surface area (Å²) in [6.07, 6.45) is 1.62. The summed E-state index contributed by atoms with van der Waals surface area (Å²) in [4.78, 5) is 44.2. The molecule has 1 aromatic rings. The van der Waals surface area contributed by atoms with Crippen LogP contribution in [0.5, 0.6) is 0 Å². The normalized spacial score (nSPS) is 19.0. The van der Waals surface area contributed by atoms with Crippen molar-refractivity contribution in [2.45, 2.75) is 32.9 Å². The van der Waals surface area contributed by atoms with Crippen molar-refractivity contribution in [1.82, 2.24) is 25.3 Å². The van der Waals surface area contributed by atoms with Crippen LogP contribution in [0.4, 0.5) is 9.59 Å². The number of urea groups is 2. The lowest BCUT2D eigenvalue weighted by molar-refractivity contribution is -0.139. The Kier molecular flexibility index (Phi) is 9.17. The Labute approximate surface area is 211 Å². The van der Waals surface area contributed by atoms with Crippen LogP contribution in [-0.4, -0.2) is 84.6 Å². The van der Waals surface area contributed by atoms with E-state index in [0.29, 0.717) is 54.6 Å². The van der Waals surface area contributed by atoms with E-state index in [2.05, 4.69) is 22.1 Å². The van der Waals surface area contributed by atoms with E-state index in [0.717, 1.165) is 0 Å². The van der Waals surface area contributed by atoms with Crippen LogP contribution in [0.1, 0.15) is 32.4 Å². The molecule has 0 spiro atoms. The number of nitrogens with zero attached hydrogens (tertiary/aromatic N) is 3. The van der Waals surface area contributed by atoms with Crippen LogP contribution in [0.2, 0.25) is 5.02 Å². The molecule has 35 heavy (non-hydrogen) atoms. The van der Waals surface area contributed by atoms with Gasteiger partial charge in [-0.05, 0) is 38.5 Å². The van der Waals surface area contributed by atoms with Gasteiger partial charge in [-0.3, -0.25) is 9.80 Å². The zero-order valence-electron chi connectivity index (χ0n) is 20.6. The second-order valence-corrected chi connectivity index (χ2v) is 9.22. The molecule has 1 saturated heterocycles. The molecule has 10 heteroatoms. The topological polar surface area (TPSA) is 94.2 Å². The fraction of sp³-hybridized carbons (Fsp3) is 0.480. The zero-order valence-corrected chi connectivity index (χ0v) is 21.3. The Balaban J connectivity index is 1.94. The predicted molar refractivity (Wildman–Crippen MR) is 135 cm³/mol. The minimum Gasteiger partial charge on any atom is -0.463 e. The van der Waals surface area contributed by atoms with Crippen molar-refractivity contribution in [3.8, 4) is 0 Å². The van der Waals surface area contributed by atoms with E-state index in [1.54, 1.807) is 36.1 Å². The smallest absolute Gasteiger partial charge is 0.338 e. The molecule has 1 atom stereocenters. The maximum Gasteiger partial charge on any atom is 0.338 e. The average Bonchev–Trinajstić information content (AvgIpc) is 2.81. The standard InChI is InChI=1S/C25H34ClN5O4/c1-5-10-31-20(16-29-11-13-30(14-12-29)24(33)27-17(3)4)21(23(32)35-6-2)22(28-25(31)34)18-8-7-9-19(26)15-18/h5,7-9,15,17,22H,1,6,10-14,16H2,2-4H3,(H,27,33)(H,28,34). The van der Waals surface area contributed by atoms with Gasteiger partial charge in [0.05, 0.1) is 18.2 Å². The number of halogens is 1. The quantitative estimate of drug-likeness (QED) is 0.420. The lowest BCUT2D eigenvalue weighted by atomic mass is 9.94. The van der Waals surface area contributed by atoms with Gasteiger partial charge < -0.3 is 20.3 Å². The van der Waals surface area contributed by atoms with Crippen molar-refractivity contribution in [3.05, 3.63) is 58.8 Å². The molecule has 0 saturated carbocycles. The van der Waals surface area contributed by atoms with Crippen LogP contribution in [0.15, 0.2) is 48.2 Å². The van der Waals surface area contributed by atoms with Crippen LogP contribution in [-0.2, 0) is 9.53 Å². The summed E-state index contributed by atoms with van der Waals surface area (Å²) in [6, 6.07) is 6.03. The Morgan fingerprint density at radius 1 is 1.29 bits per heavy atom. The van der Waals surface area contributed by atoms with Gasteiger partial charge in [0.1, 0.15) is 0 Å². The van der Waals surface area contributed by atoms with Crippen LogP contribution in [0.25, 0.3) is 0 Å². The molecule has 0 radical (unpaired) electrons. The van der Waals surface area contributed by atoms with Crippen molar-refractivity contribution in [2.75, 3.05) is 45.9 Å². The number of carbonyl (C=O) groups is 3. The molecule has 190 valence electrons. The molecule has 1 unspecified atom stereocenters. The number of hydrogen-bond acceptors (Lipinski definition) is 5. The van der Waals surface area contributed by atoms with Gasteiger partial charge in [0.15, 0.2) is 0 Å². The molecule has 2 heterocycles. The van der Waals surface area contributed by atoms with Crippen molar-refractivity contribution in [1.29, 1.82) is 0 Å². The molecular weight excluding hydrogens is 470 g/mol. The Bertz CT molecular complexity index is 988. The summed E-state index contributed by atoms with van der Waals surface area (Å²) in [5.41, 5.74) is 1.63. The fourth-order valence-electron chi connectivity index (χ4n) is 4.24. The number of nitrogens with one attached hydrogen (secondary N) is 2. The first-order valence-electron chi connectivity index (χ1n) is 11.9. The van der Waals surface area contributed by atoms with Crippen molar-refractivity contribution >= 4 is 29.6 Å². The summed E-state index contributed by atoms with van der Waals surface area (Å²) >= 11 is 6.22. The largest absolute Gasteiger partial charge is 0.463 e. The first kappa shape index (κ1) is 26.6. The van der Waals surface area contributed by atoms with Crippen LogP contribution in [0.3, 0.4) is 0 Å². The van der Waals surface area contributed by atoms with Gasteiger partial charge in [0, 0.05) is 56.0 Å². The molecule has 0 aliphatic carbocycles. The molecule has 0 aromatic heterocycles. The summed E-state index contributed by atoms with van der Waals surface area (Å²) in [7, 11) is 0. The van der Waals surface area contributed by atoms with E-state index < -0.39 is 12.0 Å². The molecule has 4 amide bonds. The molecule has 2 N–H and O–H groups in total. The third kappa shape index (κ3) is 6.55. The average molecular weight is 504 g/mol. The van der Waals surface area contributed by atoms with Gasteiger partial charge in [-0.2, -0.15) is 0 Å². The number of piperazine rings is 1. The lowest BCUT2D eigenvalue weighted by Crippen LogP contribution is -2.55. The number of amides is 4. The number of benzene rings is 1. The monoisotopic (exact) mass is 503 g/mol. The van der Waals surface area contributed by atoms with Gasteiger partial charge in [-0.15, -0.1) is 6.58 Å². The van der Waals surface area contributed by atoms with Crippen LogP contribution in [0, 0.1) is 0 Å².